The number of hydrogen-bond donors (Lipinski definition) is 0. The quantitative estimate of drug-likeness (QED) is 0.711. The van der Waals surface area contributed by atoms with E-state index in [1.54, 1.807) is 5.38 Å². The van der Waals surface area contributed by atoms with Crippen LogP contribution in [-0.4, -0.2) is 35.4 Å². The highest BCUT2D eigenvalue weighted by Crippen LogP contribution is 2.48. The largest absolute Gasteiger partial charge is 0.464 e. The number of ether oxygens (including phenoxy) is 1. The maximum atomic E-state index is 12.9. The van der Waals surface area contributed by atoms with Crippen LogP contribution in [-0.2, 0) is 16.1 Å². The van der Waals surface area contributed by atoms with Gasteiger partial charge in [0, 0.05) is 17.8 Å². The van der Waals surface area contributed by atoms with E-state index < -0.39 is 5.97 Å². The van der Waals surface area contributed by atoms with Gasteiger partial charge in [-0.2, -0.15) is 0 Å². The van der Waals surface area contributed by atoms with Gasteiger partial charge in [-0.1, -0.05) is 37.3 Å². The molecule has 5 nitrogen and oxygen atoms in total. The van der Waals surface area contributed by atoms with Crippen molar-refractivity contribution in [3.05, 3.63) is 52.0 Å². The lowest BCUT2D eigenvalue weighted by Gasteiger charge is -2.21. The average molecular weight is 358 g/mol. The van der Waals surface area contributed by atoms with E-state index in [9.17, 15) is 9.59 Å². The molecule has 25 heavy (non-hydrogen) atoms. The molecule has 0 unspecified atom stereocenters. The number of esters is 1. The fraction of sp³-hybridized carbons (Fsp3) is 0.421. The molecule has 1 aliphatic rings. The van der Waals surface area contributed by atoms with Crippen LogP contribution in [0.4, 0.5) is 0 Å². The summed E-state index contributed by atoms with van der Waals surface area (Å²) in [6.45, 7) is 3.21. The summed E-state index contributed by atoms with van der Waals surface area (Å²) >= 11 is 1.39. The Kier molecular flexibility index (Phi) is 5.48. The minimum atomic E-state index is -0.442. The molecule has 0 saturated heterocycles. The third kappa shape index (κ3) is 4.07. The molecule has 0 radical (unpaired) electrons. The lowest BCUT2D eigenvalue weighted by atomic mass is 10.1. The van der Waals surface area contributed by atoms with E-state index in [0.29, 0.717) is 24.7 Å². The number of benzene rings is 1. The van der Waals surface area contributed by atoms with Crippen molar-refractivity contribution in [1.29, 1.82) is 0 Å². The summed E-state index contributed by atoms with van der Waals surface area (Å²) in [4.78, 5) is 30.6. The lowest BCUT2D eigenvalue weighted by Crippen LogP contribution is -2.32. The molecular weight excluding hydrogens is 336 g/mol. The number of carbonyl (C=O) groups is 2. The second kappa shape index (κ2) is 7.78. The monoisotopic (exact) mass is 358 g/mol. The summed E-state index contributed by atoms with van der Waals surface area (Å²) in [5, 5.41) is 2.44. The van der Waals surface area contributed by atoms with Crippen LogP contribution in [0.2, 0.25) is 0 Å². The van der Waals surface area contributed by atoms with E-state index in [1.807, 2.05) is 23.1 Å². The van der Waals surface area contributed by atoms with Gasteiger partial charge >= 0.3 is 5.97 Å². The van der Waals surface area contributed by atoms with Gasteiger partial charge in [0.25, 0.3) is 0 Å². The number of carbonyl (C=O) groups excluding carboxylic acids is 2. The maximum Gasteiger partial charge on any atom is 0.357 e. The first-order valence-corrected chi connectivity index (χ1v) is 9.38. The zero-order valence-electron chi connectivity index (χ0n) is 14.5. The molecule has 0 aliphatic heterocycles. The maximum absolute atomic E-state index is 12.9. The fourth-order valence-corrected chi connectivity index (χ4v) is 3.83. The van der Waals surface area contributed by atoms with Gasteiger partial charge in [-0.3, -0.25) is 4.79 Å². The van der Waals surface area contributed by atoms with Gasteiger partial charge in [-0.15, -0.1) is 11.3 Å². The highest BCUT2D eigenvalue weighted by molar-refractivity contribution is 7.09. The van der Waals surface area contributed by atoms with E-state index in [2.05, 4.69) is 28.8 Å². The first kappa shape index (κ1) is 17.6. The van der Waals surface area contributed by atoms with Crippen LogP contribution >= 0.6 is 11.3 Å². The van der Waals surface area contributed by atoms with Crippen molar-refractivity contribution in [2.75, 3.05) is 13.7 Å². The van der Waals surface area contributed by atoms with Crippen LogP contribution in [0, 0.1) is 5.92 Å². The van der Waals surface area contributed by atoms with Crippen molar-refractivity contribution in [3.8, 4) is 0 Å². The standard InChI is InChI=1S/C19H22N2O3S/c1-3-9-21(11-17-20-16(12-25-17)19(23)24-2)18(22)15-10-14(15)13-7-5-4-6-8-13/h4-8,12,14-15H,3,9-11H2,1-2H3/t14-,15+/m0/s1. The van der Waals surface area contributed by atoms with Crippen LogP contribution in [0.5, 0.6) is 0 Å². The molecular formula is C19H22N2O3S. The van der Waals surface area contributed by atoms with Crippen molar-refractivity contribution in [2.45, 2.75) is 32.2 Å². The Morgan fingerprint density at radius 2 is 2.08 bits per heavy atom. The number of thiazole rings is 1. The molecule has 6 heteroatoms. The first-order chi connectivity index (χ1) is 12.1. The first-order valence-electron chi connectivity index (χ1n) is 8.50. The van der Waals surface area contributed by atoms with Crippen molar-refractivity contribution in [1.82, 2.24) is 9.88 Å². The number of hydrogen-bond acceptors (Lipinski definition) is 5. The van der Waals surface area contributed by atoms with Gasteiger partial charge in [0.2, 0.25) is 5.91 Å². The number of aromatic nitrogens is 1. The average Bonchev–Trinajstić information content (AvgIpc) is 3.32. The Balaban J connectivity index is 1.66. The summed E-state index contributed by atoms with van der Waals surface area (Å²) in [5.41, 5.74) is 1.54. The molecule has 1 aliphatic carbocycles. The summed E-state index contributed by atoms with van der Waals surface area (Å²) in [6, 6.07) is 10.2. The van der Waals surface area contributed by atoms with Crippen molar-refractivity contribution >= 4 is 23.2 Å². The number of nitrogens with zero attached hydrogens (tertiary/aromatic N) is 2. The van der Waals surface area contributed by atoms with E-state index in [1.165, 1.54) is 24.0 Å². The van der Waals surface area contributed by atoms with Crippen LogP contribution < -0.4 is 0 Å². The Labute approximate surface area is 151 Å². The summed E-state index contributed by atoms with van der Waals surface area (Å²) in [6.07, 6.45) is 1.80. The second-order valence-electron chi connectivity index (χ2n) is 6.24. The predicted octanol–water partition coefficient (Wildman–Crippen LogP) is 3.47. The van der Waals surface area contributed by atoms with E-state index in [4.69, 9.17) is 0 Å². The molecule has 1 aromatic carbocycles. The Morgan fingerprint density at radius 1 is 1.32 bits per heavy atom. The molecule has 1 heterocycles. The number of amides is 1. The van der Waals surface area contributed by atoms with Gasteiger partial charge < -0.3 is 9.64 Å². The van der Waals surface area contributed by atoms with Crippen molar-refractivity contribution < 1.29 is 14.3 Å². The molecule has 1 saturated carbocycles. The molecule has 2 aromatic rings. The SMILES string of the molecule is CCCN(Cc1nc(C(=O)OC)cs1)C(=O)[C@@H]1C[C@H]1c1ccccc1. The Morgan fingerprint density at radius 3 is 2.76 bits per heavy atom. The van der Waals surface area contributed by atoms with Crippen molar-refractivity contribution in [3.63, 3.8) is 0 Å². The zero-order chi connectivity index (χ0) is 17.8. The minimum Gasteiger partial charge on any atom is -0.464 e. The number of rotatable bonds is 7. The summed E-state index contributed by atoms with van der Waals surface area (Å²) in [7, 11) is 1.34. The van der Waals surface area contributed by atoms with Crippen LogP contribution in [0.3, 0.4) is 0 Å². The van der Waals surface area contributed by atoms with E-state index in [-0.39, 0.29) is 11.8 Å². The molecule has 2 atom stereocenters. The fourth-order valence-electron chi connectivity index (χ4n) is 3.05. The normalized spacial score (nSPS) is 18.6. The van der Waals surface area contributed by atoms with Gasteiger partial charge in [-0.25, -0.2) is 9.78 Å². The molecule has 1 amide bonds. The topological polar surface area (TPSA) is 59.5 Å². The van der Waals surface area contributed by atoms with Crippen LogP contribution in [0.25, 0.3) is 0 Å². The highest BCUT2D eigenvalue weighted by atomic mass is 32.1. The predicted molar refractivity (Wildman–Crippen MR) is 96.5 cm³/mol. The molecule has 132 valence electrons. The van der Waals surface area contributed by atoms with Gasteiger partial charge in [-0.05, 0) is 24.3 Å². The van der Waals surface area contributed by atoms with Crippen molar-refractivity contribution in [2.24, 2.45) is 5.92 Å². The molecule has 1 aromatic heterocycles. The van der Waals surface area contributed by atoms with Gasteiger partial charge in [0.15, 0.2) is 5.69 Å². The van der Waals surface area contributed by atoms with Crippen LogP contribution in [0.15, 0.2) is 35.7 Å². The molecule has 3 rings (SSSR count). The molecule has 0 spiro atoms. The van der Waals surface area contributed by atoms with E-state index >= 15 is 0 Å². The summed E-state index contributed by atoms with van der Waals surface area (Å²) < 4.78 is 4.69. The van der Waals surface area contributed by atoms with E-state index in [0.717, 1.165) is 17.8 Å². The third-order valence-corrected chi connectivity index (χ3v) is 5.25. The highest BCUT2D eigenvalue weighted by Gasteiger charge is 2.45. The smallest absolute Gasteiger partial charge is 0.357 e. The van der Waals surface area contributed by atoms with Crippen LogP contribution in [0.1, 0.15) is 46.7 Å². The van der Waals surface area contributed by atoms with Gasteiger partial charge in [0.05, 0.1) is 13.7 Å². The Bertz CT molecular complexity index is 744. The zero-order valence-corrected chi connectivity index (χ0v) is 15.3. The molecule has 1 fully saturated rings. The van der Waals surface area contributed by atoms with Gasteiger partial charge in [0.1, 0.15) is 5.01 Å². The summed E-state index contributed by atoms with van der Waals surface area (Å²) in [5.74, 6) is 0.136. The molecule has 0 N–H and O–H groups in total. The lowest BCUT2D eigenvalue weighted by molar-refractivity contribution is -0.133. The second-order valence-corrected chi connectivity index (χ2v) is 7.18. The minimum absolute atomic E-state index is 0.0639. The molecule has 0 bridgehead atoms. The number of methoxy groups -OCH3 is 1. The third-order valence-electron chi connectivity index (χ3n) is 4.41. The Hall–Kier alpha value is -2.21.